The van der Waals surface area contributed by atoms with Crippen molar-refractivity contribution in [2.75, 3.05) is 17.2 Å². The van der Waals surface area contributed by atoms with E-state index < -0.39 is 0 Å². The monoisotopic (exact) mass is 281 g/mol. The number of nitrogens with two attached hydrogens (primary N) is 1. The van der Waals surface area contributed by atoms with Crippen LogP contribution < -0.4 is 10.6 Å². The lowest BCUT2D eigenvalue weighted by Crippen LogP contribution is -2.32. The molecule has 1 aromatic rings. The third-order valence-corrected chi connectivity index (χ3v) is 2.88. The number of nitrogen functional groups attached to an aromatic ring is 1. The third kappa shape index (κ3) is 3.14. The Hall–Kier alpha value is -1.21. The minimum atomic E-state index is 0.324. The fraction of sp³-hybridized carbons (Fsp3) is 0.417. The molecular formula is C12H16BrN3. The standard InChI is InChI=1S/C12H16BrN3/c1-9(2)16(7-3-6-14)12-8-10(13)4-5-11(12)15/h4-5,8-9H,3,7,15H2,1-2H3. The lowest BCUT2D eigenvalue weighted by Gasteiger charge is -2.29. The average molecular weight is 282 g/mol. The topological polar surface area (TPSA) is 53.0 Å². The summed E-state index contributed by atoms with van der Waals surface area (Å²) in [5.41, 5.74) is 7.69. The Morgan fingerprint density at radius 3 is 2.75 bits per heavy atom. The van der Waals surface area contributed by atoms with E-state index in [-0.39, 0.29) is 0 Å². The second kappa shape index (κ2) is 5.76. The van der Waals surface area contributed by atoms with Crippen molar-refractivity contribution in [2.24, 2.45) is 0 Å². The van der Waals surface area contributed by atoms with Gasteiger partial charge in [0.25, 0.3) is 0 Å². The summed E-state index contributed by atoms with van der Waals surface area (Å²) in [5.74, 6) is 0. The van der Waals surface area contributed by atoms with Crippen molar-refractivity contribution in [3.63, 3.8) is 0 Å². The molecule has 2 N–H and O–H groups in total. The van der Waals surface area contributed by atoms with Crippen molar-refractivity contribution in [2.45, 2.75) is 26.3 Å². The number of hydrogen-bond acceptors (Lipinski definition) is 3. The van der Waals surface area contributed by atoms with Crippen LogP contribution in [0.1, 0.15) is 20.3 Å². The van der Waals surface area contributed by atoms with E-state index >= 15 is 0 Å². The first-order valence-corrected chi connectivity index (χ1v) is 6.04. The van der Waals surface area contributed by atoms with Crippen molar-refractivity contribution in [3.05, 3.63) is 22.7 Å². The highest BCUT2D eigenvalue weighted by Gasteiger charge is 2.13. The molecular weight excluding hydrogens is 266 g/mol. The summed E-state index contributed by atoms with van der Waals surface area (Å²) < 4.78 is 0.999. The maximum absolute atomic E-state index is 8.65. The molecule has 0 aromatic heterocycles. The van der Waals surface area contributed by atoms with E-state index in [1.165, 1.54) is 0 Å². The molecule has 86 valence electrons. The van der Waals surface area contributed by atoms with Crippen molar-refractivity contribution in [1.82, 2.24) is 0 Å². The SMILES string of the molecule is CC(C)N(CCC#N)c1cc(Br)ccc1N. The minimum absolute atomic E-state index is 0.324. The number of hydrogen-bond donors (Lipinski definition) is 1. The molecule has 0 saturated heterocycles. The first kappa shape index (κ1) is 12.9. The van der Waals surface area contributed by atoms with Gasteiger partial charge in [0.05, 0.1) is 23.9 Å². The van der Waals surface area contributed by atoms with Gasteiger partial charge >= 0.3 is 0 Å². The molecule has 0 aliphatic heterocycles. The van der Waals surface area contributed by atoms with Crippen LogP contribution in [0.15, 0.2) is 22.7 Å². The van der Waals surface area contributed by atoms with Gasteiger partial charge in [-0.1, -0.05) is 15.9 Å². The minimum Gasteiger partial charge on any atom is -0.397 e. The van der Waals surface area contributed by atoms with Gasteiger partial charge < -0.3 is 10.6 Å². The zero-order valence-corrected chi connectivity index (χ0v) is 11.2. The molecule has 0 fully saturated rings. The van der Waals surface area contributed by atoms with Crippen LogP contribution in [0.25, 0.3) is 0 Å². The zero-order valence-electron chi connectivity index (χ0n) is 9.57. The van der Waals surface area contributed by atoms with Crippen molar-refractivity contribution in [3.8, 4) is 6.07 Å². The molecule has 0 spiro atoms. The first-order valence-electron chi connectivity index (χ1n) is 5.25. The molecule has 0 saturated carbocycles. The van der Waals surface area contributed by atoms with Gasteiger partial charge in [-0.15, -0.1) is 0 Å². The first-order chi connectivity index (χ1) is 7.56. The molecule has 0 amide bonds. The van der Waals surface area contributed by atoms with Gasteiger partial charge in [-0.25, -0.2) is 0 Å². The molecule has 0 radical (unpaired) electrons. The van der Waals surface area contributed by atoms with Crippen molar-refractivity contribution in [1.29, 1.82) is 5.26 Å². The number of nitriles is 1. The summed E-state index contributed by atoms with van der Waals surface area (Å²) in [7, 11) is 0. The molecule has 1 rings (SSSR count). The van der Waals surface area contributed by atoms with Crippen LogP contribution in [-0.4, -0.2) is 12.6 Å². The van der Waals surface area contributed by atoms with Crippen molar-refractivity contribution < 1.29 is 0 Å². The Labute approximate surface area is 105 Å². The summed E-state index contributed by atoms with van der Waals surface area (Å²) in [6.07, 6.45) is 0.504. The number of benzene rings is 1. The summed E-state index contributed by atoms with van der Waals surface area (Å²) in [6, 6.07) is 8.27. The Balaban J connectivity index is 3.01. The molecule has 0 atom stereocenters. The van der Waals surface area contributed by atoms with Crippen molar-refractivity contribution >= 4 is 27.3 Å². The average Bonchev–Trinajstić information content (AvgIpc) is 2.23. The maximum atomic E-state index is 8.65. The van der Waals surface area contributed by atoms with Crippen LogP contribution >= 0.6 is 15.9 Å². The molecule has 3 nitrogen and oxygen atoms in total. The van der Waals surface area contributed by atoms with Crippen LogP contribution in [0.3, 0.4) is 0 Å². The smallest absolute Gasteiger partial charge is 0.0640 e. The molecule has 0 aliphatic carbocycles. The predicted octanol–water partition coefficient (Wildman–Crippen LogP) is 3.16. The third-order valence-electron chi connectivity index (χ3n) is 2.39. The summed E-state index contributed by atoms with van der Waals surface area (Å²) in [4.78, 5) is 2.14. The quantitative estimate of drug-likeness (QED) is 0.863. The van der Waals surface area contributed by atoms with E-state index in [9.17, 15) is 0 Å². The summed E-state index contributed by atoms with van der Waals surface area (Å²) >= 11 is 3.43. The molecule has 1 aromatic carbocycles. The van der Waals surface area contributed by atoms with Gasteiger partial charge in [0.2, 0.25) is 0 Å². The Kier molecular flexibility index (Phi) is 4.63. The Bertz CT molecular complexity index is 396. The van der Waals surface area contributed by atoms with Crippen LogP contribution in [0.5, 0.6) is 0 Å². The molecule has 0 heterocycles. The van der Waals surface area contributed by atoms with Gasteiger partial charge in [-0.05, 0) is 32.0 Å². The highest BCUT2D eigenvalue weighted by molar-refractivity contribution is 9.10. The van der Waals surface area contributed by atoms with E-state index in [4.69, 9.17) is 11.0 Å². The molecule has 0 aliphatic rings. The van der Waals surface area contributed by atoms with Crippen LogP contribution in [0.4, 0.5) is 11.4 Å². The van der Waals surface area contributed by atoms with E-state index in [1.807, 2.05) is 18.2 Å². The van der Waals surface area contributed by atoms with E-state index in [2.05, 4.69) is 40.7 Å². The fourth-order valence-electron chi connectivity index (χ4n) is 1.59. The Morgan fingerprint density at radius 2 is 2.19 bits per heavy atom. The molecule has 4 heteroatoms. The van der Waals surface area contributed by atoms with Crippen LogP contribution in [-0.2, 0) is 0 Å². The summed E-state index contributed by atoms with van der Waals surface area (Å²) in [6.45, 7) is 4.89. The predicted molar refractivity (Wildman–Crippen MR) is 71.3 cm³/mol. The Morgan fingerprint density at radius 1 is 1.50 bits per heavy atom. The highest BCUT2D eigenvalue weighted by atomic mass is 79.9. The fourth-order valence-corrected chi connectivity index (χ4v) is 1.94. The van der Waals surface area contributed by atoms with E-state index in [0.29, 0.717) is 19.0 Å². The van der Waals surface area contributed by atoms with Crippen LogP contribution in [0.2, 0.25) is 0 Å². The van der Waals surface area contributed by atoms with Gasteiger partial charge in [0.15, 0.2) is 0 Å². The number of halogens is 1. The highest BCUT2D eigenvalue weighted by Crippen LogP contribution is 2.28. The van der Waals surface area contributed by atoms with Gasteiger partial charge in [0, 0.05) is 17.1 Å². The van der Waals surface area contributed by atoms with E-state index in [1.54, 1.807) is 0 Å². The lowest BCUT2D eigenvalue weighted by molar-refractivity contribution is 0.687. The molecule has 0 unspecified atom stereocenters. The van der Waals surface area contributed by atoms with Gasteiger partial charge in [-0.3, -0.25) is 0 Å². The second-order valence-corrected chi connectivity index (χ2v) is 4.81. The van der Waals surface area contributed by atoms with Crippen LogP contribution in [0, 0.1) is 11.3 Å². The lowest BCUT2D eigenvalue weighted by atomic mass is 10.2. The van der Waals surface area contributed by atoms with Gasteiger partial charge in [0.1, 0.15) is 0 Å². The normalized spacial score (nSPS) is 10.2. The maximum Gasteiger partial charge on any atom is 0.0640 e. The number of nitrogens with zero attached hydrogens (tertiary/aromatic N) is 2. The second-order valence-electron chi connectivity index (χ2n) is 3.90. The summed E-state index contributed by atoms with van der Waals surface area (Å²) in [5, 5.41) is 8.65. The molecule has 16 heavy (non-hydrogen) atoms. The van der Waals surface area contributed by atoms with Gasteiger partial charge in [-0.2, -0.15) is 5.26 Å². The zero-order chi connectivity index (χ0) is 12.1. The number of anilines is 2. The largest absolute Gasteiger partial charge is 0.397 e. The van der Waals surface area contributed by atoms with E-state index in [0.717, 1.165) is 15.8 Å². The molecule has 0 bridgehead atoms. The number of rotatable bonds is 4.